The smallest absolute Gasteiger partial charge is 0.150 e. The molecule has 6 atom stereocenters. The van der Waals surface area contributed by atoms with Gasteiger partial charge in [-0.2, -0.15) is 0 Å². The van der Waals surface area contributed by atoms with E-state index in [0.29, 0.717) is 0 Å². The predicted octanol–water partition coefficient (Wildman–Crippen LogP) is 6.10. The summed E-state index contributed by atoms with van der Waals surface area (Å²) >= 11 is 0. The summed E-state index contributed by atoms with van der Waals surface area (Å²) in [6, 6.07) is 25.8. The lowest BCUT2D eigenvalue weighted by Crippen LogP contribution is -2.48. The molecule has 0 spiro atoms. The van der Waals surface area contributed by atoms with E-state index in [0.717, 1.165) is 11.1 Å². The van der Waals surface area contributed by atoms with Gasteiger partial charge in [-0.1, -0.05) is 72.8 Å². The van der Waals surface area contributed by atoms with E-state index in [9.17, 15) is 0 Å². The van der Waals surface area contributed by atoms with Crippen molar-refractivity contribution in [2.24, 2.45) is 0 Å². The molecule has 3 aromatic rings. The summed E-state index contributed by atoms with van der Waals surface area (Å²) in [6.07, 6.45) is 13.4. The van der Waals surface area contributed by atoms with Crippen molar-refractivity contribution < 1.29 is 14.2 Å². The second-order valence-electron chi connectivity index (χ2n) is 11.1. The van der Waals surface area contributed by atoms with Crippen LogP contribution in [0.15, 0.2) is 109 Å². The predicted molar refractivity (Wildman–Crippen MR) is 131 cm³/mol. The van der Waals surface area contributed by atoms with E-state index < -0.39 is 33.6 Å². The highest BCUT2D eigenvalue weighted by Crippen LogP contribution is 2.74. The van der Waals surface area contributed by atoms with Crippen molar-refractivity contribution >= 4 is 0 Å². The Bertz CT molecular complexity index is 1480. The van der Waals surface area contributed by atoms with Gasteiger partial charge in [-0.05, 0) is 83.7 Å². The fourth-order valence-electron chi connectivity index (χ4n) is 7.99. The number of hydrogen-bond acceptors (Lipinski definition) is 3. The molecule has 3 heteroatoms. The van der Waals surface area contributed by atoms with Crippen LogP contribution in [0.4, 0.5) is 0 Å². The van der Waals surface area contributed by atoms with Crippen LogP contribution in [-0.4, -0.2) is 0 Å². The second-order valence-corrected chi connectivity index (χ2v) is 11.1. The first-order chi connectivity index (χ1) is 16.9. The Balaban J connectivity index is 1.33. The van der Waals surface area contributed by atoms with Gasteiger partial charge < -0.3 is 14.2 Å². The molecule has 0 saturated heterocycles. The highest BCUT2D eigenvalue weighted by molar-refractivity contribution is 5.66. The average molecular weight is 457 g/mol. The molecule has 0 aliphatic carbocycles. The molecule has 3 aromatic carbocycles. The van der Waals surface area contributed by atoms with Gasteiger partial charge in [0.05, 0.1) is 0 Å². The largest absolute Gasteiger partial charge is 0.347 e. The van der Waals surface area contributed by atoms with E-state index in [-0.39, 0.29) is 0 Å². The Kier molecular flexibility index (Phi) is 2.87. The Morgan fingerprint density at radius 2 is 0.657 bits per heavy atom. The average Bonchev–Trinajstić information content (AvgIpc) is 3.70. The topological polar surface area (TPSA) is 27.7 Å². The third-order valence-electron chi connectivity index (χ3n) is 9.45. The zero-order valence-corrected chi connectivity index (χ0v) is 19.6. The van der Waals surface area contributed by atoms with Crippen molar-refractivity contribution in [1.29, 1.82) is 0 Å². The normalized spacial score (nSPS) is 43.7. The maximum atomic E-state index is 7.47. The van der Waals surface area contributed by atoms with E-state index in [1.165, 1.54) is 22.3 Å². The highest BCUT2D eigenvalue weighted by Gasteiger charge is 2.77. The van der Waals surface area contributed by atoms with Crippen LogP contribution in [0.2, 0.25) is 0 Å². The lowest BCUT2D eigenvalue weighted by atomic mass is 9.65. The maximum Gasteiger partial charge on any atom is 0.150 e. The van der Waals surface area contributed by atoms with Gasteiger partial charge in [0.2, 0.25) is 0 Å². The molecule has 35 heavy (non-hydrogen) atoms. The van der Waals surface area contributed by atoms with Gasteiger partial charge in [0.1, 0.15) is 11.2 Å². The summed E-state index contributed by atoms with van der Waals surface area (Å²) in [6.45, 7) is 4.31. The molecule has 170 valence electrons. The van der Waals surface area contributed by atoms with Crippen molar-refractivity contribution in [2.45, 2.75) is 47.5 Å². The lowest BCUT2D eigenvalue weighted by Gasteiger charge is -2.43. The Morgan fingerprint density at radius 1 is 0.371 bits per heavy atom. The summed E-state index contributed by atoms with van der Waals surface area (Å²) in [5.74, 6) is 0. The van der Waals surface area contributed by atoms with Gasteiger partial charge in [0.15, 0.2) is 22.4 Å². The first kappa shape index (κ1) is 19.0. The van der Waals surface area contributed by atoms with Gasteiger partial charge in [-0.3, -0.25) is 0 Å². The monoisotopic (exact) mass is 456 g/mol. The van der Waals surface area contributed by atoms with Crippen molar-refractivity contribution in [1.82, 2.24) is 0 Å². The van der Waals surface area contributed by atoms with Crippen LogP contribution in [0.5, 0.6) is 0 Å². The van der Waals surface area contributed by atoms with Gasteiger partial charge in [-0.15, -0.1) is 0 Å². The molecule has 3 nitrogen and oxygen atoms in total. The molecule has 0 aromatic heterocycles. The Hall–Kier alpha value is -3.24. The minimum Gasteiger partial charge on any atom is -0.347 e. The van der Waals surface area contributed by atoms with Crippen LogP contribution in [0.1, 0.15) is 47.2 Å². The van der Waals surface area contributed by atoms with Crippen molar-refractivity contribution in [3.8, 4) is 0 Å². The molecular formula is C32H24O3. The van der Waals surface area contributed by atoms with Crippen molar-refractivity contribution in [3.05, 3.63) is 143 Å². The molecule has 6 aliphatic rings. The SMILES string of the molecule is CC12C=CC(C34C=CC(C56C=CC(C)(O5)c5ccccc56)(O3)c3ccccc34)(O1)c1ccccc12. The Labute approximate surface area is 204 Å². The number of hydrogen-bond donors (Lipinski definition) is 0. The zero-order chi connectivity index (χ0) is 23.3. The molecule has 0 fully saturated rings. The second kappa shape index (κ2) is 5.29. The van der Waals surface area contributed by atoms with Crippen LogP contribution in [0, 0.1) is 0 Å². The number of ether oxygens (including phenoxy) is 3. The number of rotatable bonds is 2. The molecule has 0 radical (unpaired) electrons. The van der Waals surface area contributed by atoms with Crippen LogP contribution in [-0.2, 0) is 47.8 Å². The standard InChI is InChI=1S/C32H24O3/c1-27-15-17-29(33-27,23-11-5-3-9-21(23)27)31-19-20-32(35-31,26-14-8-7-13-25(26)31)30-18-16-28(2,34-30)22-10-4-6-12-24(22)30/h3-20H,1-2H3. The molecule has 6 bridgehead atoms. The molecule has 0 N–H and O–H groups in total. The van der Waals surface area contributed by atoms with E-state index in [4.69, 9.17) is 14.2 Å². The van der Waals surface area contributed by atoms with Crippen LogP contribution >= 0.6 is 0 Å². The van der Waals surface area contributed by atoms with Crippen LogP contribution in [0.25, 0.3) is 0 Å². The van der Waals surface area contributed by atoms with E-state index >= 15 is 0 Å². The molecular weight excluding hydrogens is 432 g/mol. The zero-order valence-electron chi connectivity index (χ0n) is 19.6. The summed E-state index contributed by atoms with van der Waals surface area (Å²) in [4.78, 5) is 0. The van der Waals surface area contributed by atoms with Crippen molar-refractivity contribution in [3.63, 3.8) is 0 Å². The van der Waals surface area contributed by atoms with Gasteiger partial charge in [-0.25, -0.2) is 0 Å². The molecule has 6 heterocycles. The minimum absolute atomic E-state index is 0.466. The maximum absolute atomic E-state index is 7.47. The van der Waals surface area contributed by atoms with E-state index in [2.05, 4.69) is 123 Å². The van der Waals surface area contributed by atoms with Gasteiger partial charge in [0.25, 0.3) is 0 Å². The summed E-state index contributed by atoms with van der Waals surface area (Å²) in [5.41, 5.74) is 3.06. The van der Waals surface area contributed by atoms with Crippen LogP contribution in [0.3, 0.4) is 0 Å². The summed E-state index contributed by atoms with van der Waals surface area (Å²) in [7, 11) is 0. The quantitative estimate of drug-likeness (QED) is 0.436. The highest BCUT2D eigenvalue weighted by atomic mass is 16.6. The molecule has 0 saturated carbocycles. The first-order valence-electron chi connectivity index (χ1n) is 12.4. The van der Waals surface area contributed by atoms with Crippen molar-refractivity contribution in [2.75, 3.05) is 0 Å². The molecule has 6 unspecified atom stereocenters. The third-order valence-corrected chi connectivity index (χ3v) is 9.45. The van der Waals surface area contributed by atoms with Gasteiger partial charge >= 0.3 is 0 Å². The van der Waals surface area contributed by atoms with Gasteiger partial charge in [0, 0.05) is 0 Å². The first-order valence-corrected chi connectivity index (χ1v) is 12.4. The number of fused-ring (bicyclic) bond motifs is 17. The minimum atomic E-state index is -0.799. The Morgan fingerprint density at radius 3 is 1.06 bits per heavy atom. The molecule has 9 rings (SSSR count). The summed E-state index contributed by atoms with van der Waals surface area (Å²) < 4.78 is 21.5. The molecule has 6 aliphatic heterocycles. The summed E-state index contributed by atoms with van der Waals surface area (Å²) in [5, 5.41) is 0. The molecule has 0 amide bonds. The third kappa shape index (κ3) is 1.69. The fraction of sp³-hybridized carbons (Fsp3) is 0.250. The lowest BCUT2D eigenvalue weighted by molar-refractivity contribution is -0.246. The van der Waals surface area contributed by atoms with E-state index in [1.54, 1.807) is 0 Å². The van der Waals surface area contributed by atoms with E-state index in [1.807, 2.05) is 0 Å². The number of benzene rings is 3. The van der Waals surface area contributed by atoms with Crippen LogP contribution < -0.4 is 0 Å². The fourth-order valence-corrected chi connectivity index (χ4v) is 7.99.